The van der Waals surface area contributed by atoms with Crippen LogP contribution in [0.25, 0.3) is 0 Å². The highest BCUT2D eigenvalue weighted by molar-refractivity contribution is 4.59. The summed E-state index contributed by atoms with van der Waals surface area (Å²) < 4.78 is 0. The third-order valence-corrected chi connectivity index (χ3v) is 1.24. The van der Waals surface area contributed by atoms with Crippen LogP contribution >= 0.6 is 0 Å². The monoisotopic (exact) mass is 117 g/mol. The van der Waals surface area contributed by atoms with Crippen molar-refractivity contribution >= 4 is 0 Å². The second kappa shape index (κ2) is 5.03. The maximum absolute atomic E-state index is 5.33. The SMILES string of the molecule is NCCC(CN)CN. The second-order valence-electron chi connectivity index (χ2n) is 1.91. The third-order valence-electron chi connectivity index (χ3n) is 1.24. The zero-order chi connectivity index (χ0) is 6.41. The van der Waals surface area contributed by atoms with Crippen LogP contribution in [0.2, 0.25) is 0 Å². The Morgan fingerprint density at radius 1 is 1.00 bits per heavy atom. The number of rotatable bonds is 4. The zero-order valence-corrected chi connectivity index (χ0v) is 5.14. The van der Waals surface area contributed by atoms with Crippen LogP contribution in [0, 0.1) is 5.92 Å². The van der Waals surface area contributed by atoms with Gasteiger partial charge in [0.15, 0.2) is 0 Å². The lowest BCUT2D eigenvalue weighted by Crippen LogP contribution is -2.25. The van der Waals surface area contributed by atoms with E-state index in [4.69, 9.17) is 17.2 Å². The molecule has 0 heterocycles. The minimum Gasteiger partial charge on any atom is -0.330 e. The topological polar surface area (TPSA) is 78.1 Å². The Balaban J connectivity index is 3.07. The van der Waals surface area contributed by atoms with Gasteiger partial charge in [0.05, 0.1) is 0 Å². The number of nitrogens with two attached hydrogens (primary N) is 3. The first-order chi connectivity index (χ1) is 3.85. The van der Waals surface area contributed by atoms with Crippen LogP contribution in [-0.2, 0) is 0 Å². The molecule has 0 aromatic carbocycles. The van der Waals surface area contributed by atoms with E-state index in [0.717, 1.165) is 6.42 Å². The van der Waals surface area contributed by atoms with Crippen molar-refractivity contribution in [3.8, 4) is 0 Å². The van der Waals surface area contributed by atoms with Crippen molar-refractivity contribution in [2.45, 2.75) is 6.42 Å². The molecule has 3 heteroatoms. The highest BCUT2D eigenvalue weighted by Gasteiger charge is 1.99. The summed E-state index contributed by atoms with van der Waals surface area (Å²) in [5.74, 6) is 0.431. The molecule has 0 rings (SSSR count). The van der Waals surface area contributed by atoms with E-state index in [1.54, 1.807) is 0 Å². The molecule has 0 amide bonds. The molecule has 0 saturated heterocycles. The molecule has 0 bridgehead atoms. The molecule has 0 spiro atoms. The van der Waals surface area contributed by atoms with Crippen LogP contribution in [0.1, 0.15) is 6.42 Å². The molecule has 0 unspecified atom stereocenters. The van der Waals surface area contributed by atoms with Crippen LogP contribution in [0.3, 0.4) is 0 Å². The van der Waals surface area contributed by atoms with E-state index in [-0.39, 0.29) is 0 Å². The number of hydrogen-bond donors (Lipinski definition) is 3. The van der Waals surface area contributed by atoms with Crippen molar-refractivity contribution in [3.63, 3.8) is 0 Å². The molecule has 0 fully saturated rings. The molecule has 0 aliphatic carbocycles. The second-order valence-corrected chi connectivity index (χ2v) is 1.91. The molecular weight excluding hydrogens is 102 g/mol. The average molecular weight is 117 g/mol. The van der Waals surface area contributed by atoms with Gasteiger partial charge in [-0.2, -0.15) is 0 Å². The lowest BCUT2D eigenvalue weighted by molar-refractivity contribution is 0.515. The zero-order valence-electron chi connectivity index (χ0n) is 5.14. The van der Waals surface area contributed by atoms with Crippen molar-refractivity contribution in [1.82, 2.24) is 0 Å². The predicted molar refractivity (Wildman–Crippen MR) is 35.3 cm³/mol. The van der Waals surface area contributed by atoms with Crippen LogP contribution in [0.5, 0.6) is 0 Å². The highest BCUT2D eigenvalue weighted by atomic mass is 14.6. The minimum atomic E-state index is 0.431. The van der Waals surface area contributed by atoms with Crippen LogP contribution in [0.15, 0.2) is 0 Å². The van der Waals surface area contributed by atoms with Gasteiger partial charge in [0.2, 0.25) is 0 Å². The van der Waals surface area contributed by atoms with Crippen LogP contribution in [0.4, 0.5) is 0 Å². The summed E-state index contributed by atoms with van der Waals surface area (Å²) in [4.78, 5) is 0. The maximum atomic E-state index is 5.33. The Bertz CT molecular complexity index is 42.9. The van der Waals surface area contributed by atoms with Gasteiger partial charge in [-0.1, -0.05) is 0 Å². The van der Waals surface area contributed by atoms with E-state index in [1.165, 1.54) is 0 Å². The van der Waals surface area contributed by atoms with Gasteiger partial charge in [0, 0.05) is 0 Å². The van der Waals surface area contributed by atoms with E-state index >= 15 is 0 Å². The van der Waals surface area contributed by atoms with Crippen LogP contribution < -0.4 is 17.2 Å². The third kappa shape index (κ3) is 2.96. The van der Waals surface area contributed by atoms with Crippen molar-refractivity contribution in [3.05, 3.63) is 0 Å². The standard InChI is InChI=1S/C5H15N3/c6-2-1-5(3-7)4-8/h5H,1-4,6-8H2. The largest absolute Gasteiger partial charge is 0.330 e. The molecule has 0 aliphatic rings. The molecule has 6 N–H and O–H groups in total. The van der Waals surface area contributed by atoms with Gasteiger partial charge >= 0.3 is 0 Å². The van der Waals surface area contributed by atoms with Gasteiger partial charge < -0.3 is 17.2 Å². The Hall–Kier alpha value is -0.120. The summed E-state index contributed by atoms with van der Waals surface area (Å²) >= 11 is 0. The van der Waals surface area contributed by atoms with E-state index in [1.807, 2.05) is 0 Å². The minimum absolute atomic E-state index is 0.431. The molecule has 3 nitrogen and oxygen atoms in total. The Labute approximate surface area is 50.2 Å². The summed E-state index contributed by atoms with van der Waals surface area (Å²) in [5.41, 5.74) is 15.9. The molecule has 0 aliphatic heterocycles. The summed E-state index contributed by atoms with van der Waals surface area (Å²) in [6, 6.07) is 0. The van der Waals surface area contributed by atoms with Crippen molar-refractivity contribution in [1.29, 1.82) is 0 Å². The molecule has 50 valence electrons. The lowest BCUT2D eigenvalue weighted by Gasteiger charge is -2.08. The highest BCUT2D eigenvalue weighted by Crippen LogP contribution is 1.93. The summed E-state index contributed by atoms with van der Waals surface area (Å²) in [5, 5.41) is 0. The summed E-state index contributed by atoms with van der Waals surface area (Å²) in [6.45, 7) is 2.01. The maximum Gasteiger partial charge on any atom is -0.00363 e. The van der Waals surface area contributed by atoms with Gasteiger partial charge in [-0.15, -0.1) is 0 Å². The van der Waals surface area contributed by atoms with Crippen molar-refractivity contribution in [2.24, 2.45) is 23.1 Å². The van der Waals surface area contributed by atoms with Crippen molar-refractivity contribution < 1.29 is 0 Å². The fraction of sp³-hybridized carbons (Fsp3) is 1.00. The molecule has 0 aromatic rings. The van der Waals surface area contributed by atoms with E-state index < -0.39 is 0 Å². The first-order valence-electron chi connectivity index (χ1n) is 2.95. The van der Waals surface area contributed by atoms with Gasteiger partial charge in [0.25, 0.3) is 0 Å². The predicted octanol–water partition coefficient (Wildman–Crippen LogP) is -1.13. The molecular formula is C5H15N3. The van der Waals surface area contributed by atoms with E-state index in [9.17, 15) is 0 Å². The Morgan fingerprint density at radius 3 is 1.62 bits per heavy atom. The number of hydrogen-bond acceptors (Lipinski definition) is 3. The average Bonchev–Trinajstić information content (AvgIpc) is 1.83. The normalized spacial score (nSPS) is 10.5. The van der Waals surface area contributed by atoms with Gasteiger partial charge in [0.1, 0.15) is 0 Å². The van der Waals surface area contributed by atoms with Crippen molar-refractivity contribution in [2.75, 3.05) is 19.6 Å². The van der Waals surface area contributed by atoms with Gasteiger partial charge in [-0.3, -0.25) is 0 Å². The first-order valence-corrected chi connectivity index (χ1v) is 2.95. The summed E-state index contributed by atoms with van der Waals surface area (Å²) in [7, 11) is 0. The summed E-state index contributed by atoms with van der Waals surface area (Å²) in [6.07, 6.45) is 0.951. The first kappa shape index (κ1) is 7.88. The van der Waals surface area contributed by atoms with Gasteiger partial charge in [-0.25, -0.2) is 0 Å². The molecule has 0 radical (unpaired) electrons. The quantitative estimate of drug-likeness (QED) is 0.436. The Kier molecular flexibility index (Phi) is 4.95. The molecule has 8 heavy (non-hydrogen) atoms. The fourth-order valence-electron chi connectivity index (χ4n) is 0.568. The smallest absolute Gasteiger partial charge is 0.00363 e. The van der Waals surface area contributed by atoms with Gasteiger partial charge in [-0.05, 0) is 32.0 Å². The molecule has 0 atom stereocenters. The molecule has 0 saturated carbocycles. The lowest BCUT2D eigenvalue weighted by atomic mass is 10.1. The van der Waals surface area contributed by atoms with E-state index in [0.29, 0.717) is 25.6 Å². The van der Waals surface area contributed by atoms with E-state index in [2.05, 4.69) is 0 Å². The molecule has 0 aromatic heterocycles. The Morgan fingerprint density at radius 2 is 1.50 bits per heavy atom. The fourth-order valence-corrected chi connectivity index (χ4v) is 0.568. The van der Waals surface area contributed by atoms with Crippen LogP contribution in [-0.4, -0.2) is 19.6 Å².